The number of benzene rings is 3. The first-order valence-corrected chi connectivity index (χ1v) is 11.3. The van der Waals surface area contributed by atoms with Gasteiger partial charge < -0.3 is 10.6 Å². The maximum atomic E-state index is 13.9. The van der Waals surface area contributed by atoms with Gasteiger partial charge in [0.25, 0.3) is 15.9 Å². The second-order valence-corrected chi connectivity index (χ2v) is 8.68. The van der Waals surface area contributed by atoms with Crippen LogP contribution in [0.5, 0.6) is 0 Å². The number of nitrogens with one attached hydrogen (secondary N) is 3. The number of hydrogen-bond donors (Lipinski definition) is 3. The Morgan fingerprint density at radius 1 is 0.906 bits per heavy atom. The van der Waals surface area contributed by atoms with Gasteiger partial charge in [0.15, 0.2) is 0 Å². The number of carbonyl (C=O) groups excluding carboxylic acids is 2. The molecule has 2 amide bonds. The van der Waals surface area contributed by atoms with Crippen LogP contribution in [0.15, 0.2) is 71.6 Å². The highest BCUT2D eigenvalue weighted by molar-refractivity contribution is 7.92. The average molecular weight is 456 g/mol. The molecule has 3 N–H and O–H groups in total. The lowest BCUT2D eigenvalue weighted by Gasteiger charge is -2.13. The van der Waals surface area contributed by atoms with Crippen LogP contribution < -0.4 is 15.4 Å². The number of sulfonamides is 1. The Morgan fingerprint density at radius 2 is 1.59 bits per heavy atom. The number of anilines is 3. The highest BCUT2D eigenvalue weighted by Crippen LogP contribution is 2.22. The Balaban J connectivity index is 1.84. The SMILES string of the molecule is CCC(=O)Nc1cccc(NC(=O)c2cc(S(=O)(=O)Nc3ccccc3F)ccc2C)c1. The Morgan fingerprint density at radius 3 is 2.28 bits per heavy atom. The first kappa shape index (κ1) is 23.0. The van der Waals surface area contributed by atoms with Crippen molar-refractivity contribution in [1.82, 2.24) is 0 Å². The van der Waals surface area contributed by atoms with Gasteiger partial charge in [0.2, 0.25) is 5.91 Å². The molecule has 0 spiro atoms. The van der Waals surface area contributed by atoms with Crippen molar-refractivity contribution in [3.63, 3.8) is 0 Å². The summed E-state index contributed by atoms with van der Waals surface area (Å²) < 4.78 is 41.5. The number of halogens is 1. The van der Waals surface area contributed by atoms with Gasteiger partial charge in [-0.15, -0.1) is 0 Å². The molecule has 32 heavy (non-hydrogen) atoms. The highest BCUT2D eigenvalue weighted by Gasteiger charge is 2.19. The van der Waals surface area contributed by atoms with Crippen LogP contribution in [0.4, 0.5) is 21.5 Å². The van der Waals surface area contributed by atoms with Crippen molar-refractivity contribution in [1.29, 1.82) is 0 Å². The van der Waals surface area contributed by atoms with E-state index >= 15 is 0 Å². The van der Waals surface area contributed by atoms with Gasteiger partial charge in [-0.2, -0.15) is 0 Å². The number of hydrogen-bond acceptors (Lipinski definition) is 4. The van der Waals surface area contributed by atoms with Crippen LogP contribution in [0.3, 0.4) is 0 Å². The molecule has 3 rings (SSSR count). The van der Waals surface area contributed by atoms with Gasteiger partial charge in [0, 0.05) is 23.4 Å². The quantitative estimate of drug-likeness (QED) is 0.487. The highest BCUT2D eigenvalue weighted by atomic mass is 32.2. The van der Waals surface area contributed by atoms with E-state index in [1.165, 1.54) is 36.4 Å². The summed E-state index contributed by atoms with van der Waals surface area (Å²) in [5.41, 5.74) is 1.47. The van der Waals surface area contributed by atoms with Crippen LogP contribution in [0.2, 0.25) is 0 Å². The lowest BCUT2D eigenvalue weighted by atomic mass is 10.1. The molecule has 0 aliphatic heterocycles. The van der Waals surface area contributed by atoms with Crippen molar-refractivity contribution in [2.45, 2.75) is 25.2 Å². The van der Waals surface area contributed by atoms with E-state index in [1.54, 1.807) is 38.1 Å². The minimum absolute atomic E-state index is 0.143. The van der Waals surface area contributed by atoms with E-state index in [1.807, 2.05) is 0 Å². The molecule has 3 aromatic carbocycles. The Hall–Kier alpha value is -3.72. The Labute approximate surface area is 185 Å². The first-order chi connectivity index (χ1) is 15.2. The summed E-state index contributed by atoms with van der Waals surface area (Å²) >= 11 is 0. The van der Waals surface area contributed by atoms with Crippen LogP contribution in [0, 0.1) is 12.7 Å². The fourth-order valence-electron chi connectivity index (χ4n) is 2.88. The Bertz CT molecular complexity index is 1280. The minimum Gasteiger partial charge on any atom is -0.326 e. The summed E-state index contributed by atoms with van der Waals surface area (Å²) in [6.07, 6.45) is 0.317. The zero-order valence-electron chi connectivity index (χ0n) is 17.5. The Kier molecular flexibility index (Phi) is 6.89. The monoisotopic (exact) mass is 455 g/mol. The summed E-state index contributed by atoms with van der Waals surface area (Å²) in [6.45, 7) is 3.40. The molecule has 0 aliphatic rings. The lowest BCUT2D eigenvalue weighted by Crippen LogP contribution is -2.17. The van der Waals surface area contributed by atoms with E-state index in [0.29, 0.717) is 23.4 Å². The predicted octanol–water partition coefficient (Wildman–Crippen LogP) is 4.54. The molecule has 3 aromatic rings. The summed E-state index contributed by atoms with van der Waals surface area (Å²) in [6, 6.07) is 16.1. The molecule has 0 aromatic heterocycles. The third kappa shape index (κ3) is 5.50. The number of para-hydroxylation sites is 1. The van der Waals surface area contributed by atoms with Gasteiger partial charge in [-0.05, 0) is 55.0 Å². The van der Waals surface area contributed by atoms with Crippen molar-refractivity contribution < 1.29 is 22.4 Å². The molecule has 0 radical (unpaired) electrons. The number of rotatable bonds is 7. The summed E-state index contributed by atoms with van der Waals surface area (Å²) in [5.74, 6) is -1.40. The van der Waals surface area contributed by atoms with Gasteiger partial charge in [0.1, 0.15) is 5.82 Å². The van der Waals surface area contributed by atoms with Crippen LogP contribution in [0.1, 0.15) is 29.3 Å². The second-order valence-electron chi connectivity index (χ2n) is 7.00. The van der Waals surface area contributed by atoms with Crippen molar-refractivity contribution in [2.75, 3.05) is 15.4 Å². The van der Waals surface area contributed by atoms with E-state index in [2.05, 4.69) is 15.4 Å². The van der Waals surface area contributed by atoms with Crippen LogP contribution in [0.25, 0.3) is 0 Å². The van der Waals surface area contributed by atoms with Crippen molar-refractivity contribution in [2.24, 2.45) is 0 Å². The molecular formula is C23H22FN3O4S. The van der Waals surface area contributed by atoms with Gasteiger partial charge in [0.05, 0.1) is 10.6 Å². The van der Waals surface area contributed by atoms with Crippen LogP contribution in [-0.4, -0.2) is 20.2 Å². The smallest absolute Gasteiger partial charge is 0.262 e. The largest absolute Gasteiger partial charge is 0.326 e. The molecule has 0 unspecified atom stereocenters. The van der Waals surface area contributed by atoms with Gasteiger partial charge >= 0.3 is 0 Å². The fourth-order valence-corrected chi connectivity index (χ4v) is 3.98. The van der Waals surface area contributed by atoms with E-state index < -0.39 is 21.7 Å². The van der Waals surface area contributed by atoms with Gasteiger partial charge in [-0.3, -0.25) is 14.3 Å². The third-order valence-corrected chi connectivity index (χ3v) is 5.97. The average Bonchev–Trinajstić information content (AvgIpc) is 2.75. The van der Waals surface area contributed by atoms with Crippen molar-refractivity contribution in [3.8, 4) is 0 Å². The molecule has 9 heteroatoms. The molecule has 7 nitrogen and oxygen atoms in total. The summed E-state index contributed by atoms with van der Waals surface area (Å²) in [5, 5.41) is 5.41. The standard InChI is InChI=1S/C23H22FN3O4S/c1-3-22(28)25-16-7-6-8-17(13-16)26-23(29)19-14-18(12-11-15(19)2)32(30,31)27-21-10-5-4-9-20(21)24/h4-14,27H,3H2,1-2H3,(H,25,28)(H,26,29). The van der Waals surface area contributed by atoms with E-state index in [-0.39, 0.29) is 22.1 Å². The van der Waals surface area contributed by atoms with E-state index in [0.717, 1.165) is 6.07 Å². The summed E-state index contributed by atoms with van der Waals surface area (Å²) in [7, 11) is -4.12. The summed E-state index contributed by atoms with van der Waals surface area (Å²) in [4.78, 5) is 24.2. The molecular weight excluding hydrogens is 433 g/mol. The van der Waals surface area contributed by atoms with Gasteiger partial charge in [-0.25, -0.2) is 12.8 Å². The zero-order chi connectivity index (χ0) is 23.3. The number of aryl methyl sites for hydroxylation is 1. The molecule has 0 aliphatic carbocycles. The molecule has 0 saturated heterocycles. The molecule has 0 atom stereocenters. The molecule has 0 fully saturated rings. The first-order valence-electron chi connectivity index (χ1n) is 9.79. The van der Waals surface area contributed by atoms with Crippen molar-refractivity contribution in [3.05, 3.63) is 83.7 Å². The lowest BCUT2D eigenvalue weighted by molar-refractivity contribution is -0.115. The van der Waals surface area contributed by atoms with Crippen LogP contribution >= 0.6 is 0 Å². The molecule has 166 valence electrons. The van der Waals surface area contributed by atoms with E-state index in [9.17, 15) is 22.4 Å². The second kappa shape index (κ2) is 9.61. The molecule has 0 saturated carbocycles. The third-order valence-electron chi connectivity index (χ3n) is 4.61. The predicted molar refractivity (Wildman–Crippen MR) is 122 cm³/mol. The van der Waals surface area contributed by atoms with Crippen molar-refractivity contribution >= 4 is 38.9 Å². The van der Waals surface area contributed by atoms with Gasteiger partial charge in [-0.1, -0.05) is 31.2 Å². The normalized spacial score (nSPS) is 11.0. The van der Waals surface area contributed by atoms with E-state index in [4.69, 9.17) is 0 Å². The minimum atomic E-state index is -4.12. The topological polar surface area (TPSA) is 104 Å². The van der Waals surface area contributed by atoms with Crippen LogP contribution in [-0.2, 0) is 14.8 Å². The zero-order valence-corrected chi connectivity index (χ0v) is 18.3. The molecule has 0 heterocycles. The maximum Gasteiger partial charge on any atom is 0.262 e. The maximum absolute atomic E-state index is 13.9. The number of amides is 2. The fraction of sp³-hybridized carbons (Fsp3) is 0.130. The molecule has 0 bridgehead atoms. The number of carbonyl (C=O) groups is 2.